The molecule has 1 heteroatoms. The maximum absolute atomic E-state index is 9.90. The van der Waals surface area contributed by atoms with Crippen molar-refractivity contribution < 1.29 is 5.11 Å². The number of phenols is 1. The van der Waals surface area contributed by atoms with Crippen molar-refractivity contribution in [2.24, 2.45) is 0 Å². The van der Waals surface area contributed by atoms with Crippen LogP contribution in [0.4, 0.5) is 0 Å². The van der Waals surface area contributed by atoms with Gasteiger partial charge in [-0.25, -0.2) is 0 Å². The summed E-state index contributed by atoms with van der Waals surface area (Å²) in [7, 11) is 0. The first-order valence-corrected chi connectivity index (χ1v) is 11.9. The van der Waals surface area contributed by atoms with Crippen molar-refractivity contribution in [3.05, 3.63) is 127 Å². The monoisotopic (exact) mass is 446 g/mol. The van der Waals surface area contributed by atoms with Gasteiger partial charge >= 0.3 is 0 Å². The van der Waals surface area contributed by atoms with Crippen molar-refractivity contribution in [3.63, 3.8) is 0 Å². The Morgan fingerprint density at radius 3 is 1.31 bits per heavy atom. The molecule has 7 aromatic rings. The van der Waals surface area contributed by atoms with Crippen LogP contribution in [0.3, 0.4) is 0 Å². The van der Waals surface area contributed by atoms with Gasteiger partial charge in [0.05, 0.1) is 0 Å². The largest absolute Gasteiger partial charge is 0.508 e. The molecule has 0 atom stereocenters. The lowest BCUT2D eigenvalue weighted by Crippen LogP contribution is -1.91. The topological polar surface area (TPSA) is 20.2 Å². The number of hydrogen-bond acceptors (Lipinski definition) is 1. The predicted octanol–water partition coefficient (Wildman–Crippen LogP) is 9.34. The van der Waals surface area contributed by atoms with Gasteiger partial charge in [0.1, 0.15) is 5.75 Å². The highest BCUT2D eigenvalue weighted by molar-refractivity contribution is 6.22. The molecule has 164 valence electrons. The molecule has 0 aliphatic heterocycles. The van der Waals surface area contributed by atoms with E-state index in [9.17, 15) is 5.11 Å². The fourth-order valence-electron chi connectivity index (χ4n) is 5.48. The average Bonchev–Trinajstić information content (AvgIpc) is 2.91. The third-order valence-corrected chi connectivity index (χ3v) is 7.08. The van der Waals surface area contributed by atoms with Crippen LogP contribution in [0.15, 0.2) is 127 Å². The fourth-order valence-corrected chi connectivity index (χ4v) is 5.48. The summed E-state index contributed by atoms with van der Waals surface area (Å²) in [6, 6.07) is 44.9. The lowest BCUT2D eigenvalue weighted by Gasteiger charge is -2.18. The van der Waals surface area contributed by atoms with Crippen LogP contribution in [0.1, 0.15) is 0 Å². The van der Waals surface area contributed by atoms with Gasteiger partial charge in [-0.2, -0.15) is 0 Å². The van der Waals surface area contributed by atoms with Crippen molar-refractivity contribution in [3.8, 4) is 28.0 Å². The molecule has 0 aliphatic rings. The Morgan fingerprint density at radius 1 is 0.343 bits per heavy atom. The molecule has 0 spiro atoms. The molecule has 7 aromatic carbocycles. The SMILES string of the molecule is Oc1ccc2cc(-c3c4ccccc4c(-c4ccc5ccccc5c4)c4ccccc34)ccc2c1. The van der Waals surface area contributed by atoms with E-state index in [2.05, 4.69) is 109 Å². The van der Waals surface area contributed by atoms with Crippen LogP contribution in [0.25, 0.3) is 65.3 Å². The Hall–Kier alpha value is -4.62. The summed E-state index contributed by atoms with van der Waals surface area (Å²) in [5, 5.41) is 19.6. The smallest absolute Gasteiger partial charge is 0.116 e. The Kier molecular flexibility index (Phi) is 4.37. The first-order valence-electron chi connectivity index (χ1n) is 11.9. The molecule has 7 rings (SSSR count). The molecule has 1 nitrogen and oxygen atoms in total. The predicted molar refractivity (Wildman–Crippen MR) is 149 cm³/mol. The van der Waals surface area contributed by atoms with Gasteiger partial charge in [-0.05, 0) is 89.6 Å². The Morgan fingerprint density at radius 2 is 0.743 bits per heavy atom. The summed E-state index contributed by atoms with van der Waals surface area (Å²) in [5.74, 6) is 0.292. The van der Waals surface area contributed by atoms with Gasteiger partial charge in [-0.3, -0.25) is 0 Å². The number of phenolic OH excluding ortho intramolecular Hbond substituents is 1. The van der Waals surface area contributed by atoms with E-state index >= 15 is 0 Å². The second-order valence-electron chi connectivity index (χ2n) is 9.15. The van der Waals surface area contributed by atoms with Crippen LogP contribution in [0.2, 0.25) is 0 Å². The van der Waals surface area contributed by atoms with Gasteiger partial charge in [-0.15, -0.1) is 0 Å². The average molecular weight is 447 g/mol. The van der Waals surface area contributed by atoms with Crippen LogP contribution in [0, 0.1) is 0 Å². The first kappa shape index (κ1) is 19.8. The third kappa shape index (κ3) is 3.17. The summed E-state index contributed by atoms with van der Waals surface area (Å²) < 4.78 is 0. The van der Waals surface area contributed by atoms with Gasteiger partial charge in [0, 0.05) is 0 Å². The highest BCUT2D eigenvalue weighted by Gasteiger charge is 2.16. The van der Waals surface area contributed by atoms with E-state index in [1.807, 2.05) is 12.1 Å². The lowest BCUT2D eigenvalue weighted by molar-refractivity contribution is 0.476. The summed E-state index contributed by atoms with van der Waals surface area (Å²) in [6.07, 6.45) is 0. The molecule has 0 aliphatic carbocycles. The van der Waals surface area contributed by atoms with E-state index < -0.39 is 0 Å². The highest BCUT2D eigenvalue weighted by atomic mass is 16.3. The first-order chi connectivity index (χ1) is 17.3. The molecule has 0 radical (unpaired) electrons. The van der Waals surface area contributed by atoms with E-state index in [0.29, 0.717) is 5.75 Å². The normalized spacial score (nSPS) is 11.5. The number of rotatable bonds is 2. The Balaban J connectivity index is 1.59. The molecule has 0 saturated heterocycles. The lowest BCUT2D eigenvalue weighted by atomic mass is 9.85. The van der Waals surface area contributed by atoms with E-state index in [0.717, 1.165) is 10.8 Å². The van der Waals surface area contributed by atoms with E-state index in [-0.39, 0.29) is 0 Å². The number of benzene rings is 7. The Bertz CT molecular complexity index is 1860. The van der Waals surface area contributed by atoms with Crippen molar-refractivity contribution >= 4 is 43.1 Å². The summed E-state index contributed by atoms with van der Waals surface area (Å²) >= 11 is 0. The molecule has 0 amide bonds. The number of hydrogen-bond donors (Lipinski definition) is 1. The van der Waals surface area contributed by atoms with E-state index in [1.54, 1.807) is 6.07 Å². The molecule has 0 fully saturated rings. The van der Waals surface area contributed by atoms with Crippen LogP contribution in [-0.4, -0.2) is 5.11 Å². The zero-order valence-corrected chi connectivity index (χ0v) is 19.1. The van der Waals surface area contributed by atoms with Gasteiger partial charge in [-0.1, -0.05) is 103 Å². The van der Waals surface area contributed by atoms with Crippen LogP contribution < -0.4 is 0 Å². The third-order valence-electron chi connectivity index (χ3n) is 7.08. The van der Waals surface area contributed by atoms with Crippen LogP contribution in [0.5, 0.6) is 5.75 Å². The minimum absolute atomic E-state index is 0.292. The van der Waals surface area contributed by atoms with Crippen molar-refractivity contribution in [1.29, 1.82) is 0 Å². The van der Waals surface area contributed by atoms with Gasteiger partial charge < -0.3 is 5.11 Å². The molecule has 0 unspecified atom stereocenters. The maximum Gasteiger partial charge on any atom is 0.116 e. The summed E-state index contributed by atoms with van der Waals surface area (Å²) in [4.78, 5) is 0. The van der Waals surface area contributed by atoms with Crippen molar-refractivity contribution in [1.82, 2.24) is 0 Å². The molecular formula is C34H22O. The highest BCUT2D eigenvalue weighted by Crippen LogP contribution is 2.44. The molecule has 35 heavy (non-hydrogen) atoms. The number of fused-ring (bicyclic) bond motifs is 4. The molecule has 0 saturated carbocycles. The molecule has 0 aromatic heterocycles. The second kappa shape index (κ2) is 7.72. The molecule has 0 heterocycles. The van der Waals surface area contributed by atoms with Crippen molar-refractivity contribution in [2.75, 3.05) is 0 Å². The second-order valence-corrected chi connectivity index (χ2v) is 9.15. The fraction of sp³-hybridized carbons (Fsp3) is 0. The maximum atomic E-state index is 9.90. The Labute approximate surface area is 203 Å². The van der Waals surface area contributed by atoms with Crippen LogP contribution in [-0.2, 0) is 0 Å². The zero-order valence-electron chi connectivity index (χ0n) is 19.1. The molecule has 0 bridgehead atoms. The molecular weight excluding hydrogens is 424 g/mol. The molecule has 1 N–H and O–H groups in total. The van der Waals surface area contributed by atoms with Crippen LogP contribution >= 0.6 is 0 Å². The quantitative estimate of drug-likeness (QED) is 0.262. The van der Waals surface area contributed by atoms with E-state index in [1.165, 1.54) is 54.6 Å². The standard InChI is InChI=1S/C34H22O/c35-28-18-17-24-20-27(16-14-25(24)21-28)34-31-11-5-3-9-29(31)33(30-10-4-6-12-32(30)34)26-15-13-22-7-1-2-8-23(22)19-26/h1-21,35H. The van der Waals surface area contributed by atoms with Gasteiger partial charge in [0.2, 0.25) is 0 Å². The number of aromatic hydroxyl groups is 1. The van der Waals surface area contributed by atoms with E-state index in [4.69, 9.17) is 0 Å². The minimum atomic E-state index is 0.292. The van der Waals surface area contributed by atoms with Crippen molar-refractivity contribution in [2.45, 2.75) is 0 Å². The van der Waals surface area contributed by atoms with Gasteiger partial charge in [0.25, 0.3) is 0 Å². The minimum Gasteiger partial charge on any atom is -0.508 e. The summed E-state index contributed by atoms with van der Waals surface area (Å²) in [5.41, 5.74) is 4.93. The summed E-state index contributed by atoms with van der Waals surface area (Å²) in [6.45, 7) is 0. The van der Waals surface area contributed by atoms with Gasteiger partial charge in [0.15, 0.2) is 0 Å². The zero-order chi connectivity index (χ0) is 23.4.